The monoisotopic (exact) mass is 274 g/mol. The second-order valence-electron chi connectivity index (χ2n) is 4.58. The third kappa shape index (κ3) is 5.09. The molecule has 0 N–H and O–H groups in total. The molecule has 4 heteroatoms. The van der Waals surface area contributed by atoms with E-state index in [0.717, 1.165) is 12.8 Å². The lowest BCUT2D eigenvalue weighted by molar-refractivity contribution is 0.605. The van der Waals surface area contributed by atoms with Gasteiger partial charge in [0, 0.05) is 10.7 Å². The lowest BCUT2D eigenvalue weighted by Gasteiger charge is -2.10. The van der Waals surface area contributed by atoms with E-state index in [1.165, 1.54) is 22.3 Å². The van der Waals surface area contributed by atoms with Crippen LogP contribution < -0.4 is 0 Å². The summed E-state index contributed by atoms with van der Waals surface area (Å²) in [4.78, 5) is 0. The molecule has 0 heterocycles. The maximum atomic E-state index is 10.8. The zero-order chi connectivity index (χ0) is 13.1. The Kier molecular flexibility index (Phi) is 5.02. The van der Waals surface area contributed by atoms with E-state index in [0.29, 0.717) is 6.42 Å². The minimum atomic E-state index is -3.33. The molecular formula is C13H19ClO2S. The van der Waals surface area contributed by atoms with Gasteiger partial charge in [0.25, 0.3) is 0 Å². The van der Waals surface area contributed by atoms with Gasteiger partial charge in [-0.3, -0.25) is 0 Å². The Morgan fingerprint density at radius 3 is 2.06 bits per heavy atom. The number of hydrogen-bond donors (Lipinski definition) is 0. The minimum Gasteiger partial charge on any atom is -0.212 e. The van der Waals surface area contributed by atoms with Crippen LogP contribution in [0.1, 0.15) is 35.1 Å². The van der Waals surface area contributed by atoms with Crippen molar-refractivity contribution >= 4 is 19.7 Å². The first-order chi connectivity index (χ1) is 7.79. The van der Waals surface area contributed by atoms with Crippen LogP contribution in [0.25, 0.3) is 0 Å². The third-order valence-electron chi connectivity index (χ3n) is 2.91. The average molecular weight is 275 g/mol. The summed E-state index contributed by atoms with van der Waals surface area (Å²) in [6.07, 6.45) is 2.40. The quantitative estimate of drug-likeness (QED) is 0.608. The van der Waals surface area contributed by atoms with Crippen molar-refractivity contribution < 1.29 is 8.42 Å². The topological polar surface area (TPSA) is 34.1 Å². The summed E-state index contributed by atoms with van der Waals surface area (Å²) in [6.45, 7) is 6.30. The average Bonchev–Trinajstić information content (AvgIpc) is 2.13. The lowest BCUT2D eigenvalue weighted by atomic mass is 9.96. The van der Waals surface area contributed by atoms with E-state index in [1.807, 2.05) is 0 Å². The number of hydrogen-bond acceptors (Lipinski definition) is 2. The van der Waals surface area contributed by atoms with Crippen molar-refractivity contribution in [2.24, 2.45) is 0 Å². The second kappa shape index (κ2) is 5.87. The molecule has 17 heavy (non-hydrogen) atoms. The van der Waals surface area contributed by atoms with Gasteiger partial charge in [0.2, 0.25) is 9.05 Å². The van der Waals surface area contributed by atoms with Crippen molar-refractivity contribution in [2.75, 3.05) is 5.75 Å². The van der Waals surface area contributed by atoms with Crippen LogP contribution in [0.2, 0.25) is 0 Å². The van der Waals surface area contributed by atoms with E-state index < -0.39 is 9.05 Å². The SMILES string of the molecule is Cc1cc(C)c(CCCCS(=O)(=O)Cl)c(C)c1. The molecule has 0 aliphatic heterocycles. The Balaban J connectivity index is 2.58. The highest BCUT2D eigenvalue weighted by molar-refractivity contribution is 8.13. The standard InChI is InChI=1S/C13H19ClO2S/c1-10-8-11(2)13(12(3)9-10)6-4-5-7-17(14,15)16/h8-9H,4-7H2,1-3H3. The minimum absolute atomic E-state index is 0.0680. The molecule has 96 valence electrons. The molecule has 0 saturated carbocycles. The van der Waals surface area contributed by atoms with Crippen molar-refractivity contribution in [3.63, 3.8) is 0 Å². The van der Waals surface area contributed by atoms with E-state index in [1.54, 1.807) is 0 Å². The predicted molar refractivity (Wildman–Crippen MR) is 73.2 cm³/mol. The first kappa shape index (κ1) is 14.5. The number of halogens is 1. The number of rotatable bonds is 5. The van der Waals surface area contributed by atoms with Crippen molar-refractivity contribution in [2.45, 2.75) is 40.0 Å². The van der Waals surface area contributed by atoms with Crippen LogP contribution in [0.4, 0.5) is 0 Å². The molecule has 1 aromatic rings. The number of benzene rings is 1. The summed E-state index contributed by atoms with van der Waals surface area (Å²) in [5, 5.41) is 0. The molecule has 0 unspecified atom stereocenters. The van der Waals surface area contributed by atoms with Gasteiger partial charge in [-0.2, -0.15) is 0 Å². The van der Waals surface area contributed by atoms with E-state index in [2.05, 4.69) is 32.9 Å². The predicted octanol–water partition coefficient (Wildman–Crippen LogP) is 3.50. The number of unbranched alkanes of at least 4 members (excludes halogenated alkanes) is 1. The van der Waals surface area contributed by atoms with Crippen molar-refractivity contribution in [3.8, 4) is 0 Å². The zero-order valence-electron chi connectivity index (χ0n) is 10.6. The molecule has 0 saturated heterocycles. The Bertz CT molecular complexity index is 469. The van der Waals surface area contributed by atoms with Gasteiger partial charge in [0.15, 0.2) is 0 Å². The summed E-state index contributed by atoms with van der Waals surface area (Å²) in [6, 6.07) is 4.33. The fourth-order valence-electron chi connectivity index (χ4n) is 2.18. The van der Waals surface area contributed by atoms with E-state index >= 15 is 0 Å². The van der Waals surface area contributed by atoms with Gasteiger partial charge in [-0.15, -0.1) is 0 Å². The Labute approximate surface area is 108 Å². The van der Waals surface area contributed by atoms with E-state index in [4.69, 9.17) is 10.7 Å². The van der Waals surface area contributed by atoms with Crippen LogP contribution >= 0.6 is 10.7 Å². The normalized spacial score (nSPS) is 11.8. The third-order valence-corrected chi connectivity index (χ3v) is 4.14. The van der Waals surface area contributed by atoms with Crippen LogP contribution in [-0.2, 0) is 15.5 Å². The molecule has 0 bridgehead atoms. The Hall–Kier alpha value is -0.540. The molecule has 0 spiro atoms. The van der Waals surface area contributed by atoms with Gasteiger partial charge >= 0.3 is 0 Å². The molecule has 0 amide bonds. The highest BCUT2D eigenvalue weighted by Crippen LogP contribution is 2.18. The first-order valence-corrected chi connectivity index (χ1v) is 8.26. The van der Waals surface area contributed by atoms with Crippen molar-refractivity contribution in [1.29, 1.82) is 0 Å². The van der Waals surface area contributed by atoms with Gasteiger partial charge in [0.1, 0.15) is 0 Å². The largest absolute Gasteiger partial charge is 0.232 e. The van der Waals surface area contributed by atoms with E-state index in [-0.39, 0.29) is 5.75 Å². The summed E-state index contributed by atoms with van der Waals surface area (Å²) >= 11 is 0. The van der Waals surface area contributed by atoms with Crippen molar-refractivity contribution in [1.82, 2.24) is 0 Å². The highest BCUT2D eigenvalue weighted by atomic mass is 35.7. The first-order valence-electron chi connectivity index (χ1n) is 5.78. The fraction of sp³-hybridized carbons (Fsp3) is 0.538. The van der Waals surface area contributed by atoms with Gasteiger partial charge in [0.05, 0.1) is 5.75 Å². The van der Waals surface area contributed by atoms with Gasteiger partial charge in [-0.25, -0.2) is 8.42 Å². The van der Waals surface area contributed by atoms with Crippen LogP contribution in [0.15, 0.2) is 12.1 Å². The maximum Gasteiger partial charge on any atom is 0.232 e. The highest BCUT2D eigenvalue weighted by Gasteiger charge is 2.07. The lowest BCUT2D eigenvalue weighted by Crippen LogP contribution is -2.00. The number of aryl methyl sites for hydroxylation is 3. The molecule has 0 atom stereocenters. The fourth-order valence-corrected chi connectivity index (χ4v) is 3.06. The second-order valence-corrected chi connectivity index (χ2v) is 7.47. The molecule has 0 aromatic heterocycles. The summed E-state index contributed by atoms with van der Waals surface area (Å²) in [5.41, 5.74) is 5.18. The Morgan fingerprint density at radius 2 is 1.59 bits per heavy atom. The van der Waals surface area contributed by atoms with E-state index in [9.17, 15) is 8.42 Å². The molecule has 0 radical (unpaired) electrons. The van der Waals surface area contributed by atoms with Crippen molar-refractivity contribution in [3.05, 3.63) is 34.4 Å². The van der Waals surface area contributed by atoms with Gasteiger partial charge in [-0.05, 0) is 56.7 Å². The van der Waals surface area contributed by atoms with Crippen LogP contribution in [0.3, 0.4) is 0 Å². The molecule has 1 rings (SSSR count). The van der Waals surface area contributed by atoms with Gasteiger partial charge in [-0.1, -0.05) is 17.7 Å². The maximum absolute atomic E-state index is 10.8. The molecular weight excluding hydrogens is 256 g/mol. The molecule has 2 nitrogen and oxygen atoms in total. The summed E-state index contributed by atoms with van der Waals surface area (Å²) in [5.74, 6) is 0.0680. The van der Waals surface area contributed by atoms with Crippen LogP contribution in [0.5, 0.6) is 0 Å². The van der Waals surface area contributed by atoms with Gasteiger partial charge < -0.3 is 0 Å². The molecule has 0 aliphatic rings. The van der Waals surface area contributed by atoms with Crippen LogP contribution in [0, 0.1) is 20.8 Å². The Morgan fingerprint density at radius 1 is 1.06 bits per heavy atom. The molecule has 1 aromatic carbocycles. The van der Waals surface area contributed by atoms with Crippen LogP contribution in [-0.4, -0.2) is 14.2 Å². The smallest absolute Gasteiger partial charge is 0.212 e. The zero-order valence-corrected chi connectivity index (χ0v) is 12.2. The molecule has 0 fully saturated rings. The summed E-state index contributed by atoms with van der Waals surface area (Å²) in [7, 11) is 1.84. The molecule has 0 aliphatic carbocycles. The summed E-state index contributed by atoms with van der Waals surface area (Å²) < 4.78 is 21.6.